The van der Waals surface area contributed by atoms with Crippen LogP contribution in [0, 0.1) is 19.8 Å². The Bertz CT molecular complexity index is 1400. The van der Waals surface area contributed by atoms with E-state index in [9.17, 15) is 4.79 Å². The van der Waals surface area contributed by atoms with Gasteiger partial charge in [0.1, 0.15) is 23.4 Å². The Morgan fingerprint density at radius 3 is 2.38 bits per heavy atom. The molecule has 6 nitrogen and oxygen atoms in total. The number of hydrogen-bond donors (Lipinski definition) is 1. The molecule has 4 aromatic rings. The summed E-state index contributed by atoms with van der Waals surface area (Å²) in [7, 11) is 3.29. The quantitative estimate of drug-likeness (QED) is 0.296. The lowest BCUT2D eigenvalue weighted by atomic mass is 9.83. The van der Waals surface area contributed by atoms with Crippen LogP contribution in [-0.2, 0) is 4.79 Å². The lowest BCUT2D eigenvalue weighted by Crippen LogP contribution is -2.34. The molecule has 0 radical (unpaired) electrons. The zero-order valence-electron chi connectivity index (χ0n) is 22.1. The second-order valence-corrected chi connectivity index (χ2v) is 9.96. The Hall–Kier alpha value is -3.80. The number of hydrogen-bond acceptors (Lipinski definition) is 4. The van der Waals surface area contributed by atoms with Crippen LogP contribution >= 0.6 is 0 Å². The van der Waals surface area contributed by atoms with Crippen LogP contribution in [0.25, 0.3) is 22.4 Å². The molecule has 1 atom stereocenters. The van der Waals surface area contributed by atoms with Gasteiger partial charge in [-0.25, -0.2) is 4.98 Å². The van der Waals surface area contributed by atoms with Crippen LogP contribution in [-0.4, -0.2) is 29.7 Å². The third kappa shape index (κ3) is 4.80. The normalized spacial score (nSPS) is 14.9. The van der Waals surface area contributed by atoms with Crippen LogP contribution in [0.2, 0.25) is 0 Å². The van der Waals surface area contributed by atoms with Crippen molar-refractivity contribution in [1.29, 1.82) is 0 Å². The molecule has 1 aliphatic carbocycles. The van der Waals surface area contributed by atoms with Crippen molar-refractivity contribution >= 4 is 22.6 Å². The SMILES string of the molecule is COc1ccc(-c2nc3ccccc3n2[C@H](C(=O)Nc2c(C)cccc2C)C2CCCCC2)c(OC)c1. The number of rotatable bonds is 7. The third-order valence-electron chi connectivity index (χ3n) is 7.62. The number of fused-ring (bicyclic) bond motifs is 1. The molecule has 37 heavy (non-hydrogen) atoms. The number of nitrogens with zero attached hydrogens (tertiary/aromatic N) is 2. The van der Waals surface area contributed by atoms with Crippen molar-refractivity contribution in [2.75, 3.05) is 19.5 Å². The van der Waals surface area contributed by atoms with E-state index < -0.39 is 6.04 Å². The average Bonchev–Trinajstić information content (AvgIpc) is 3.30. The molecule has 1 fully saturated rings. The molecule has 5 rings (SSSR count). The van der Waals surface area contributed by atoms with Gasteiger partial charge in [0.2, 0.25) is 5.91 Å². The molecule has 0 saturated heterocycles. The number of carbonyl (C=O) groups excluding carboxylic acids is 1. The van der Waals surface area contributed by atoms with E-state index in [0.717, 1.165) is 64.9 Å². The molecule has 192 valence electrons. The number of carbonyl (C=O) groups is 1. The predicted octanol–water partition coefficient (Wildman–Crippen LogP) is 7.10. The molecule has 1 heterocycles. The molecule has 6 heteroatoms. The van der Waals surface area contributed by atoms with Crippen LogP contribution in [0.4, 0.5) is 5.69 Å². The van der Waals surface area contributed by atoms with Gasteiger partial charge in [-0.1, -0.05) is 49.6 Å². The lowest BCUT2D eigenvalue weighted by molar-refractivity contribution is -0.121. The fraction of sp³-hybridized carbons (Fsp3) is 0.355. The number of amides is 1. The number of anilines is 1. The van der Waals surface area contributed by atoms with Crippen molar-refractivity contribution in [3.8, 4) is 22.9 Å². The molecule has 1 aliphatic rings. The van der Waals surface area contributed by atoms with Crippen molar-refractivity contribution in [1.82, 2.24) is 9.55 Å². The molecule has 0 spiro atoms. The molecular weight excluding hydrogens is 462 g/mol. The molecule has 3 aromatic carbocycles. The highest BCUT2D eigenvalue weighted by molar-refractivity contribution is 5.97. The fourth-order valence-corrected chi connectivity index (χ4v) is 5.70. The highest BCUT2D eigenvalue weighted by atomic mass is 16.5. The molecule has 0 unspecified atom stereocenters. The maximum Gasteiger partial charge on any atom is 0.247 e. The van der Waals surface area contributed by atoms with E-state index in [1.165, 1.54) is 6.42 Å². The first-order chi connectivity index (χ1) is 18.0. The molecule has 1 N–H and O–H groups in total. The van der Waals surface area contributed by atoms with Gasteiger partial charge in [0.05, 0.1) is 30.8 Å². The Morgan fingerprint density at radius 2 is 1.68 bits per heavy atom. The minimum absolute atomic E-state index is 0.00109. The van der Waals surface area contributed by atoms with Crippen LogP contribution < -0.4 is 14.8 Å². The number of imidazole rings is 1. The van der Waals surface area contributed by atoms with Crippen molar-refractivity contribution in [3.63, 3.8) is 0 Å². The highest BCUT2D eigenvalue weighted by Crippen LogP contribution is 2.41. The van der Waals surface area contributed by atoms with Crippen molar-refractivity contribution in [2.24, 2.45) is 5.92 Å². The molecule has 0 aliphatic heterocycles. The van der Waals surface area contributed by atoms with Gasteiger partial charge in [-0.15, -0.1) is 0 Å². The number of aryl methyl sites for hydroxylation is 2. The van der Waals surface area contributed by atoms with Crippen molar-refractivity contribution in [3.05, 3.63) is 71.8 Å². The highest BCUT2D eigenvalue weighted by Gasteiger charge is 2.35. The van der Waals surface area contributed by atoms with Crippen molar-refractivity contribution < 1.29 is 14.3 Å². The lowest BCUT2D eigenvalue weighted by Gasteiger charge is -2.32. The summed E-state index contributed by atoms with van der Waals surface area (Å²) in [6.45, 7) is 4.08. The topological polar surface area (TPSA) is 65.4 Å². The molecular formula is C31H35N3O3. The van der Waals surface area contributed by atoms with Gasteiger partial charge in [-0.05, 0) is 68.0 Å². The number of methoxy groups -OCH3 is 2. The van der Waals surface area contributed by atoms with E-state index in [0.29, 0.717) is 11.5 Å². The Balaban J connectivity index is 1.70. The fourth-order valence-electron chi connectivity index (χ4n) is 5.70. The summed E-state index contributed by atoms with van der Waals surface area (Å²) in [5.74, 6) is 2.31. The Morgan fingerprint density at radius 1 is 0.946 bits per heavy atom. The van der Waals surface area contributed by atoms with Crippen LogP contribution in [0.15, 0.2) is 60.7 Å². The second-order valence-electron chi connectivity index (χ2n) is 9.96. The van der Waals surface area contributed by atoms with E-state index in [-0.39, 0.29) is 11.8 Å². The summed E-state index contributed by atoms with van der Waals surface area (Å²) >= 11 is 0. The van der Waals surface area contributed by atoms with Gasteiger partial charge in [0, 0.05) is 11.8 Å². The number of nitrogens with one attached hydrogen (secondary N) is 1. The number of aromatic nitrogens is 2. The van der Waals surface area contributed by atoms with Gasteiger partial charge in [-0.2, -0.15) is 0 Å². The Kier molecular flexibility index (Phi) is 7.17. The maximum atomic E-state index is 14.3. The number of ether oxygens (including phenoxy) is 2. The summed E-state index contributed by atoms with van der Waals surface area (Å²) in [6, 6.07) is 19.5. The summed E-state index contributed by atoms with van der Waals surface area (Å²) in [5.41, 5.74) is 5.65. The van der Waals surface area contributed by atoms with Gasteiger partial charge >= 0.3 is 0 Å². The number of para-hydroxylation sites is 3. The predicted molar refractivity (Wildman–Crippen MR) is 148 cm³/mol. The van der Waals surface area contributed by atoms with E-state index in [2.05, 4.69) is 16.0 Å². The summed E-state index contributed by atoms with van der Waals surface area (Å²) in [4.78, 5) is 19.3. The van der Waals surface area contributed by atoms with Crippen LogP contribution in [0.1, 0.15) is 49.3 Å². The third-order valence-corrected chi connectivity index (χ3v) is 7.62. The first-order valence-corrected chi connectivity index (χ1v) is 13.1. The van der Waals surface area contributed by atoms with E-state index in [4.69, 9.17) is 14.5 Å². The molecule has 1 aromatic heterocycles. The summed E-state index contributed by atoms with van der Waals surface area (Å²) < 4.78 is 13.4. The Labute approximate surface area is 218 Å². The summed E-state index contributed by atoms with van der Waals surface area (Å²) in [5, 5.41) is 3.32. The van der Waals surface area contributed by atoms with Crippen LogP contribution in [0.3, 0.4) is 0 Å². The smallest absolute Gasteiger partial charge is 0.247 e. The second kappa shape index (κ2) is 10.7. The average molecular weight is 498 g/mol. The molecule has 0 bridgehead atoms. The maximum absolute atomic E-state index is 14.3. The van der Waals surface area contributed by atoms with E-state index in [1.807, 2.05) is 68.4 Å². The molecule has 1 amide bonds. The van der Waals surface area contributed by atoms with Crippen molar-refractivity contribution in [2.45, 2.75) is 52.0 Å². The zero-order valence-corrected chi connectivity index (χ0v) is 22.1. The van der Waals surface area contributed by atoms with Gasteiger partial charge in [-0.3, -0.25) is 4.79 Å². The molecule has 1 saturated carbocycles. The standard InChI is InChI=1S/C31H35N3O3/c1-20-11-10-12-21(2)28(20)33-31(35)29(22-13-6-5-7-14-22)34-26-16-9-8-15-25(26)32-30(34)24-18-17-23(36-3)19-27(24)37-4/h8-12,15-19,22,29H,5-7,13-14H2,1-4H3,(H,33,35)/t29-/m0/s1. The summed E-state index contributed by atoms with van der Waals surface area (Å²) in [6.07, 6.45) is 5.50. The van der Waals surface area contributed by atoms with Gasteiger partial charge in [0.25, 0.3) is 0 Å². The van der Waals surface area contributed by atoms with Crippen LogP contribution in [0.5, 0.6) is 11.5 Å². The monoisotopic (exact) mass is 497 g/mol. The first-order valence-electron chi connectivity index (χ1n) is 13.1. The van der Waals surface area contributed by atoms with E-state index in [1.54, 1.807) is 14.2 Å². The van der Waals surface area contributed by atoms with E-state index >= 15 is 0 Å². The first kappa shape index (κ1) is 24.9. The number of benzene rings is 3. The minimum atomic E-state index is -0.409. The van der Waals surface area contributed by atoms with Gasteiger partial charge < -0.3 is 19.4 Å². The zero-order chi connectivity index (χ0) is 25.9. The van der Waals surface area contributed by atoms with Gasteiger partial charge in [0.15, 0.2) is 0 Å². The minimum Gasteiger partial charge on any atom is -0.497 e. The largest absolute Gasteiger partial charge is 0.497 e.